The predicted octanol–water partition coefficient (Wildman–Crippen LogP) is 1.93. The Morgan fingerprint density at radius 3 is 2.29 bits per heavy atom. The van der Waals surface area contributed by atoms with Crippen molar-refractivity contribution >= 4 is 17.6 Å². The van der Waals surface area contributed by atoms with E-state index >= 15 is 0 Å². The van der Waals surface area contributed by atoms with E-state index in [1.165, 1.54) is 12.7 Å². The molecule has 5 heteroatoms. The van der Waals surface area contributed by atoms with Gasteiger partial charge in [0, 0.05) is 17.7 Å². The summed E-state index contributed by atoms with van der Waals surface area (Å²) in [5.41, 5.74) is 5.54. The van der Waals surface area contributed by atoms with E-state index in [0.717, 1.165) is 40.1 Å². The highest BCUT2D eigenvalue weighted by atomic mass is 16.5. The monoisotopic (exact) mass is 381 g/mol. The first-order valence-electron chi connectivity index (χ1n) is 9.97. The number of hydrogen-bond acceptors (Lipinski definition) is 3. The number of methoxy groups -OCH3 is 1. The van der Waals surface area contributed by atoms with Crippen LogP contribution < -0.4 is 10.2 Å². The summed E-state index contributed by atoms with van der Waals surface area (Å²) in [5.74, 6) is -0.334. The Kier molecular flexibility index (Phi) is 6.47. The molecule has 0 spiro atoms. The van der Waals surface area contributed by atoms with Crippen LogP contribution in [0.5, 0.6) is 0 Å². The van der Waals surface area contributed by atoms with Crippen LogP contribution in [0.3, 0.4) is 0 Å². The van der Waals surface area contributed by atoms with Crippen LogP contribution in [0.4, 0.5) is 5.69 Å². The lowest BCUT2D eigenvalue weighted by Gasteiger charge is -2.31. The molecule has 1 unspecified atom stereocenters. The van der Waals surface area contributed by atoms with E-state index in [1.807, 2.05) is 24.3 Å². The van der Waals surface area contributed by atoms with E-state index in [1.54, 1.807) is 0 Å². The number of carbonyl (C=O) groups excluding carboxylic acids is 2. The third-order valence-electron chi connectivity index (χ3n) is 5.59. The van der Waals surface area contributed by atoms with Crippen molar-refractivity contribution in [1.82, 2.24) is 0 Å². The average Bonchev–Trinajstić information content (AvgIpc) is 2.72. The lowest BCUT2D eigenvalue weighted by Crippen LogP contribution is -3.17. The zero-order chi connectivity index (χ0) is 20.1. The van der Waals surface area contributed by atoms with Crippen molar-refractivity contribution in [2.45, 2.75) is 45.7 Å². The molecule has 0 fully saturated rings. The number of carbonyl (C=O) groups is 2. The van der Waals surface area contributed by atoms with Gasteiger partial charge < -0.3 is 15.0 Å². The number of para-hydroxylation sites is 1. The molecular weight excluding hydrogens is 352 g/mol. The highest BCUT2D eigenvalue weighted by molar-refractivity contribution is 5.93. The lowest BCUT2D eigenvalue weighted by molar-refractivity contribution is -0.924. The van der Waals surface area contributed by atoms with Gasteiger partial charge in [0.15, 0.2) is 12.6 Å². The Hall–Kier alpha value is -2.66. The average molecular weight is 381 g/mol. The van der Waals surface area contributed by atoms with E-state index in [4.69, 9.17) is 4.74 Å². The highest BCUT2D eigenvalue weighted by Gasteiger charge is 2.37. The molecule has 1 heterocycles. The first-order chi connectivity index (χ1) is 13.6. The Bertz CT molecular complexity index is 840. The third-order valence-corrected chi connectivity index (χ3v) is 5.59. The van der Waals surface area contributed by atoms with Gasteiger partial charge in [-0.25, -0.2) is 4.79 Å². The van der Waals surface area contributed by atoms with Crippen LogP contribution in [0.1, 0.15) is 36.1 Å². The van der Waals surface area contributed by atoms with Gasteiger partial charge in [-0.3, -0.25) is 4.79 Å². The van der Waals surface area contributed by atoms with Crippen molar-refractivity contribution in [3.8, 4) is 0 Å². The number of fused-ring (bicyclic) bond motifs is 1. The van der Waals surface area contributed by atoms with E-state index in [-0.39, 0.29) is 24.5 Å². The van der Waals surface area contributed by atoms with Crippen molar-refractivity contribution in [1.29, 1.82) is 0 Å². The molecule has 2 atom stereocenters. The van der Waals surface area contributed by atoms with Crippen molar-refractivity contribution < 1.29 is 19.2 Å². The van der Waals surface area contributed by atoms with Gasteiger partial charge in [0.05, 0.1) is 7.11 Å². The number of hydrogen-bond donors (Lipinski definition) is 2. The SMILES string of the molecule is CCc1cccc(CC)c1NC(=O)C[NH+]1Cc2ccccc2C[C@H]1C(=O)OC. The Morgan fingerprint density at radius 1 is 1.04 bits per heavy atom. The van der Waals surface area contributed by atoms with Crippen LogP contribution in [0, 0.1) is 0 Å². The maximum absolute atomic E-state index is 12.9. The molecule has 0 saturated carbocycles. The van der Waals surface area contributed by atoms with Crippen LogP contribution in [0.15, 0.2) is 42.5 Å². The number of benzene rings is 2. The largest absolute Gasteiger partial charge is 0.465 e. The molecule has 0 aliphatic carbocycles. The second-order valence-corrected chi connectivity index (χ2v) is 7.27. The fraction of sp³-hybridized carbons (Fsp3) is 0.391. The molecule has 0 radical (unpaired) electrons. The molecule has 28 heavy (non-hydrogen) atoms. The lowest BCUT2D eigenvalue weighted by atomic mass is 9.94. The van der Waals surface area contributed by atoms with Crippen molar-refractivity contribution in [2.75, 3.05) is 19.0 Å². The molecule has 2 aromatic rings. The molecule has 1 aliphatic rings. The molecule has 1 amide bonds. The molecule has 1 aliphatic heterocycles. The second-order valence-electron chi connectivity index (χ2n) is 7.27. The quantitative estimate of drug-likeness (QED) is 0.752. The number of aryl methyl sites for hydroxylation is 2. The minimum absolute atomic E-state index is 0.0705. The molecule has 2 aromatic carbocycles. The molecule has 2 N–H and O–H groups in total. The normalized spacial score (nSPS) is 18.2. The Balaban J connectivity index is 1.80. The number of ether oxygens (including phenoxy) is 1. The minimum atomic E-state index is -0.363. The fourth-order valence-electron chi connectivity index (χ4n) is 4.03. The van der Waals surface area contributed by atoms with Gasteiger partial charge in [0.25, 0.3) is 5.91 Å². The molecule has 0 saturated heterocycles. The van der Waals surface area contributed by atoms with Gasteiger partial charge in [0.1, 0.15) is 6.54 Å². The third kappa shape index (κ3) is 4.25. The zero-order valence-electron chi connectivity index (χ0n) is 16.9. The van der Waals surface area contributed by atoms with Gasteiger partial charge >= 0.3 is 5.97 Å². The van der Waals surface area contributed by atoms with Crippen molar-refractivity contribution in [3.63, 3.8) is 0 Å². The zero-order valence-corrected chi connectivity index (χ0v) is 16.9. The van der Waals surface area contributed by atoms with Gasteiger partial charge in [0.2, 0.25) is 0 Å². The number of rotatable bonds is 6. The van der Waals surface area contributed by atoms with Crippen molar-refractivity contribution in [3.05, 3.63) is 64.7 Å². The second kappa shape index (κ2) is 9.02. The number of nitrogens with one attached hydrogen (secondary N) is 2. The standard InChI is InChI=1S/C23H28N2O3/c1-4-16-11-8-12-17(5-2)22(16)24-21(26)15-25-14-19-10-7-6-9-18(19)13-20(25)23(27)28-3/h6-12,20H,4-5,13-15H2,1-3H3,(H,24,26)/p+1/t20-/m0/s1. The summed E-state index contributed by atoms with van der Waals surface area (Å²) in [6, 6.07) is 13.9. The van der Waals surface area contributed by atoms with Gasteiger partial charge in [-0.05, 0) is 29.5 Å². The van der Waals surface area contributed by atoms with Crippen LogP contribution in [0.2, 0.25) is 0 Å². The van der Waals surface area contributed by atoms with Crippen LogP contribution >= 0.6 is 0 Å². The Morgan fingerprint density at radius 2 is 1.68 bits per heavy atom. The maximum atomic E-state index is 12.9. The molecule has 148 valence electrons. The molecule has 3 rings (SSSR count). The van der Waals surface area contributed by atoms with Crippen LogP contribution in [-0.4, -0.2) is 31.6 Å². The number of anilines is 1. The van der Waals surface area contributed by atoms with Gasteiger partial charge in [-0.15, -0.1) is 0 Å². The molecule has 0 aromatic heterocycles. The summed E-state index contributed by atoms with van der Waals surface area (Å²) in [4.78, 5) is 26.2. The molecular formula is C23H29N2O3+. The molecule has 5 nitrogen and oxygen atoms in total. The summed E-state index contributed by atoms with van der Waals surface area (Å²) in [7, 11) is 1.41. The fourth-order valence-corrected chi connectivity index (χ4v) is 4.03. The number of esters is 1. The number of amides is 1. The number of quaternary nitrogens is 1. The van der Waals surface area contributed by atoms with Gasteiger partial charge in [-0.1, -0.05) is 56.3 Å². The summed E-state index contributed by atoms with van der Waals surface area (Å²) in [5, 5.41) is 3.12. The topological polar surface area (TPSA) is 59.8 Å². The van der Waals surface area contributed by atoms with E-state index in [2.05, 4.69) is 37.4 Å². The smallest absolute Gasteiger partial charge is 0.365 e. The van der Waals surface area contributed by atoms with Gasteiger partial charge in [-0.2, -0.15) is 0 Å². The predicted molar refractivity (Wildman–Crippen MR) is 109 cm³/mol. The summed E-state index contributed by atoms with van der Waals surface area (Å²) in [6.07, 6.45) is 2.31. The minimum Gasteiger partial charge on any atom is -0.465 e. The summed E-state index contributed by atoms with van der Waals surface area (Å²) in [6.45, 7) is 5.05. The summed E-state index contributed by atoms with van der Waals surface area (Å²) < 4.78 is 5.02. The summed E-state index contributed by atoms with van der Waals surface area (Å²) >= 11 is 0. The van der Waals surface area contributed by atoms with E-state index in [0.29, 0.717) is 13.0 Å². The maximum Gasteiger partial charge on any atom is 0.365 e. The van der Waals surface area contributed by atoms with Crippen LogP contribution in [0.25, 0.3) is 0 Å². The highest BCUT2D eigenvalue weighted by Crippen LogP contribution is 2.22. The van der Waals surface area contributed by atoms with E-state index in [9.17, 15) is 9.59 Å². The van der Waals surface area contributed by atoms with Crippen LogP contribution in [-0.2, 0) is 40.1 Å². The first-order valence-corrected chi connectivity index (χ1v) is 9.97. The van der Waals surface area contributed by atoms with E-state index < -0.39 is 0 Å². The Labute approximate surface area is 166 Å². The first kappa shape index (κ1) is 20.1. The van der Waals surface area contributed by atoms with Crippen molar-refractivity contribution in [2.24, 2.45) is 0 Å². The molecule has 0 bridgehead atoms.